The summed E-state index contributed by atoms with van der Waals surface area (Å²) in [6.45, 7) is 3.46. The van der Waals surface area contributed by atoms with Crippen molar-refractivity contribution in [3.63, 3.8) is 0 Å². The molecule has 0 spiro atoms. The van der Waals surface area contributed by atoms with E-state index in [9.17, 15) is 4.79 Å². The number of amides is 1. The second kappa shape index (κ2) is 6.29. The minimum atomic E-state index is 0.199. The van der Waals surface area contributed by atoms with Crippen LogP contribution in [0.1, 0.15) is 44.7 Å². The molecule has 1 aliphatic carbocycles. The minimum Gasteiger partial charge on any atom is -0.350 e. The lowest BCUT2D eigenvalue weighted by atomic mass is 9.89. The highest BCUT2D eigenvalue weighted by Crippen LogP contribution is 2.24. The molecule has 21 heavy (non-hydrogen) atoms. The van der Waals surface area contributed by atoms with Crippen LogP contribution in [0.5, 0.6) is 0 Å². The van der Waals surface area contributed by atoms with E-state index in [1.165, 1.54) is 19.3 Å². The molecule has 1 N–H and O–H groups in total. The van der Waals surface area contributed by atoms with Gasteiger partial charge < -0.3 is 5.32 Å². The maximum absolute atomic E-state index is 12.2. The summed E-state index contributed by atoms with van der Waals surface area (Å²) in [6, 6.07) is 8.21. The molecule has 4 nitrogen and oxygen atoms in total. The SMILES string of the molecule is CCn1nc(CNC(=O)C2CCCCC2)c2ccccc21. The molecule has 1 heterocycles. The van der Waals surface area contributed by atoms with E-state index in [1.54, 1.807) is 0 Å². The van der Waals surface area contributed by atoms with Crippen LogP contribution < -0.4 is 5.32 Å². The second-order valence-corrected chi connectivity index (χ2v) is 5.83. The fourth-order valence-electron chi connectivity index (χ4n) is 3.25. The predicted octanol–water partition coefficient (Wildman–Crippen LogP) is 3.25. The lowest BCUT2D eigenvalue weighted by Crippen LogP contribution is -2.31. The molecule has 1 aromatic carbocycles. The first-order valence-electron chi connectivity index (χ1n) is 8.01. The van der Waals surface area contributed by atoms with Gasteiger partial charge in [0.1, 0.15) is 0 Å². The number of rotatable bonds is 4. The number of aryl methyl sites for hydroxylation is 1. The zero-order valence-corrected chi connectivity index (χ0v) is 12.6. The summed E-state index contributed by atoms with van der Waals surface area (Å²) >= 11 is 0. The lowest BCUT2D eigenvalue weighted by molar-refractivity contribution is -0.126. The normalized spacial score (nSPS) is 16.2. The van der Waals surface area contributed by atoms with Gasteiger partial charge in [-0.2, -0.15) is 5.10 Å². The van der Waals surface area contributed by atoms with E-state index in [0.29, 0.717) is 6.54 Å². The van der Waals surface area contributed by atoms with Crippen LogP contribution in [-0.2, 0) is 17.9 Å². The molecule has 0 unspecified atom stereocenters. The van der Waals surface area contributed by atoms with Crippen LogP contribution in [0.3, 0.4) is 0 Å². The van der Waals surface area contributed by atoms with Crippen molar-refractivity contribution in [3.8, 4) is 0 Å². The third-order valence-corrected chi connectivity index (χ3v) is 4.44. The van der Waals surface area contributed by atoms with Gasteiger partial charge >= 0.3 is 0 Å². The van der Waals surface area contributed by atoms with Crippen LogP contribution in [-0.4, -0.2) is 15.7 Å². The molecular formula is C17H23N3O. The maximum atomic E-state index is 12.2. The first-order chi connectivity index (χ1) is 10.3. The Morgan fingerprint density at radius 3 is 2.81 bits per heavy atom. The standard InChI is InChI=1S/C17H23N3O/c1-2-20-16-11-7-6-10-14(16)15(19-20)12-18-17(21)13-8-4-3-5-9-13/h6-7,10-11,13H,2-5,8-9,12H2,1H3,(H,18,21). The highest BCUT2D eigenvalue weighted by atomic mass is 16.1. The second-order valence-electron chi connectivity index (χ2n) is 5.83. The first-order valence-corrected chi connectivity index (χ1v) is 8.01. The Morgan fingerprint density at radius 1 is 1.29 bits per heavy atom. The number of aromatic nitrogens is 2. The Kier molecular flexibility index (Phi) is 4.23. The Bertz CT molecular complexity index is 626. The molecule has 0 atom stereocenters. The number of fused-ring (bicyclic) bond motifs is 1. The average molecular weight is 285 g/mol. The fourth-order valence-corrected chi connectivity index (χ4v) is 3.25. The Balaban J connectivity index is 1.71. The molecule has 0 radical (unpaired) electrons. The van der Waals surface area contributed by atoms with E-state index in [2.05, 4.69) is 29.5 Å². The van der Waals surface area contributed by atoms with E-state index in [0.717, 1.165) is 36.0 Å². The number of nitrogens with zero attached hydrogens (tertiary/aromatic N) is 2. The molecule has 1 fully saturated rings. The molecule has 1 aromatic heterocycles. The minimum absolute atomic E-state index is 0.199. The predicted molar refractivity (Wildman–Crippen MR) is 83.8 cm³/mol. The van der Waals surface area contributed by atoms with Crippen LogP contribution in [0, 0.1) is 5.92 Å². The highest BCUT2D eigenvalue weighted by Gasteiger charge is 2.21. The first kappa shape index (κ1) is 14.1. The summed E-state index contributed by atoms with van der Waals surface area (Å²) in [5, 5.41) is 8.85. The Morgan fingerprint density at radius 2 is 2.05 bits per heavy atom. The molecule has 1 aliphatic rings. The van der Waals surface area contributed by atoms with E-state index < -0.39 is 0 Å². The van der Waals surface area contributed by atoms with E-state index in [4.69, 9.17) is 0 Å². The molecule has 112 valence electrons. The summed E-state index contributed by atoms with van der Waals surface area (Å²) in [5.74, 6) is 0.406. The van der Waals surface area contributed by atoms with Gasteiger partial charge in [0.2, 0.25) is 5.91 Å². The smallest absolute Gasteiger partial charge is 0.223 e. The van der Waals surface area contributed by atoms with Crippen LogP contribution in [0.25, 0.3) is 10.9 Å². The number of benzene rings is 1. The summed E-state index contributed by atoms with van der Waals surface area (Å²) in [5.41, 5.74) is 2.11. The van der Waals surface area contributed by atoms with Crippen molar-refractivity contribution in [2.75, 3.05) is 0 Å². The van der Waals surface area contributed by atoms with Crippen molar-refractivity contribution in [3.05, 3.63) is 30.0 Å². The number of carbonyl (C=O) groups is 1. The number of nitrogens with one attached hydrogen (secondary N) is 1. The summed E-state index contributed by atoms with van der Waals surface area (Å²) in [6.07, 6.45) is 5.72. The lowest BCUT2D eigenvalue weighted by Gasteiger charge is -2.20. The Labute approximate surface area is 125 Å². The van der Waals surface area contributed by atoms with Crippen molar-refractivity contribution in [2.24, 2.45) is 5.92 Å². The van der Waals surface area contributed by atoms with Gasteiger partial charge in [0, 0.05) is 17.8 Å². The molecule has 1 saturated carbocycles. The maximum Gasteiger partial charge on any atom is 0.223 e. The largest absolute Gasteiger partial charge is 0.350 e. The number of para-hydroxylation sites is 1. The summed E-state index contributed by atoms with van der Waals surface area (Å²) in [7, 11) is 0. The monoisotopic (exact) mass is 285 g/mol. The summed E-state index contributed by atoms with van der Waals surface area (Å²) < 4.78 is 2.00. The molecular weight excluding hydrogens is 262 g/mol. The quantitative estimate of drug-likeness (QED) is 0.937. The van der Waals surface area contributed by atoms with Gasteiger partial charge in [-0.1, -0.05) is 37.5 Å². The topological polar surface area (TPSA) is 46.9 Å². The van der Waals surface area contributed by atoms with Gasteiger partial charge in [-0.05, 0) is 25.8 Å². The van der Waals surface area contributed by atoms with Gasteiger partial charge in [-0.15, -0.1) is 0 Å². The van der Waals surface area contributed by atoms with Crippen molar-refractivity contribution < 1.29 is 4.79 Å². The van der Waals surface area contributed by atoms with Crippen LogP contribution in [0.15, 0.2) is 24.3 Å². The molecule has 4 heteroatoms. The van der Waals surface area contributed by atoms with E-state index in [-0.39, 0.29) is 11.8 Å². The molecule has 0 saturated heterocycles. The molecule has 0 aliphatic heterocycles. The highest BCUT2D eigenvalue weighted by molar-refractivity contribution is 5.83. The summed E-state index contributed by atoms with van der Waals surface area (Å²) in [4.78, 5) is 12.2. The van der Waals surface area contributed by atoms with Crippen molar-refractivity contribution in [1.29, 1.82) is 0 Å². The van der Waals surface area contributed by atoms with Gasteiger partial charge in [0.05, 0.1) is 17.8 Å². The molecule has 3 rings (SSSR count). The zero-order chi connectivity index (χ0) is 14.7. The van der Waals surface area contributed by atoms with Crippen LogP contribution >= 0.6 is 0 Å². The zero-order valence-electron chi connectivity index (χ0n) is 12.6. The number of hydrogen-bond donors (Lipinski definition) is 1. The molecule has 1 amide bonds. The van der Waals surface area contributed by atoms with Crippen LogP contribution in [0.2, 0.25) is 0 Å². The van der Waals surface area contributed by atoms with Gasteiger partial charge in [-0.25, -0.2) is 0 Å². The van der Waals surface area contributed by atoms with E-state index >= 15 is 0 Å². The molecule has 2 aromatic rings. The third-order valence-electron chi connectivity index (χ3n) is 4.44. The average Bonchev–Trinajstić information content (AvgIpc) is 2.91. The number of carbonyl (C=O) groups excluding carboxylic acids is 1. The van der Waals surface area contributed by atoms with Crippen molar-refractivity contribution in [2.45, 2.75) is 52.1 Å². The Hall–Kier alpha value is -1.84. The van der Waals surface area contributed by atoms with Gasteiger partial charge in [-0.3, -0.25) is 9.48 Å². The van der Waals surface area contributed by atoms with Crippen molar-refractivity contribution in [1.82, 2.24) is 15.1 Å². The van der Waals surface area contributed by atoms with Gasteiger partial charge in [0.15, 0.2) is 0 Å². The third kappa shape index (κ3) is 2.94. The fraction of sp³-hybridized carbons (Fsp3) is 0.529. The number of hydrogen-bond acceptors (Lipinski definition) is 2. The van der Waals surface area contributed by atoms with Crippen LogP contribution in [0.4, 0.5) is 0 Å². The molecule has 0 bridgehead atoms. The van der Waals surface area contributed by atoms with E-state index in [1.807, 2.05) is 16.8 Å². The van der Waals surface area contributed by atoms with Crippen molar-refractivity contribution >= 4 is 16.8 Å². The van der Waals surface area contributed by atoms with Gasteiger partial charge in [0.25, 0.3) is 0 Å².